The molecule has 1 aromatic carbocycles. The topological polar surface area (TPSA) is 42.4 Å². The Kier molecular flexibility index (Phi) is 6.26. The summed E-state index contributed by atoms with van der Waals surface area (Å²) in [6.07, 6.45) is 3.49. The summed E-state index contributed by atoms with van der Waals surface area (Å²) in [6, 6.07) is 14.9. The van der Waals surface area contributed by atoms with E-state index in [2.05, 4.69) is 4.98 Å². The Morgan fingerprint density at radius 2 is 2.12 bits per heavy atom. The molecule has 2 aromatic heterocycles. The van der Waals surface area contributed by atoms with E-state index in [0.29, 0.717) is 31.0 Å². The van der Waals surface area contributed by atoms with Gasteiger partial charge in [0.2, 0.25) is 0 Å². The number of thiophene rings is 1. The number of rotatable bonds is 7. The van der Waals surface area contributed by atoms with Crippen LogP contribution in [0.15, 0.2) is 60.9 Å². The number of carbonyl (C=O) groups excluding carboxylic acids is 1. The van der Waals surface area contributed by atoms with Gasteiger partial charge in [-0.15, -0.1) is 11.3 Å². The monoisotopic (exact) mass is 386 g/mol. The zero-order valence-electron chi connectivity index (χ0n) is 14.4. The number of carbonyl (C=O) groups is 1. The van der Waals surface area contributed by atoms with E-state index in [1.807, 2.05) is 49.4 Å². The van der Waals surface area contributed by atoms with Crippen molar-refractivity contribution in [1.82, 2.24) is 9.88 Å². The van der Waals surface area contributed by atoms with Gasteiger partial charge in [-0.2, -0.15) is 0 Å². The van der Waals surface area contributed by atoms with Crippen LogP contribution in [0.3, 0.4) is 0 Å². The molecule has 0 saturated carbocycles. The fourth-order valence-corrected chi connectivity index (χ4v) is 3.61. The van der Waals surface area contributed by atoms with Gasteiger partial charge in [0.1, 0.15) is 12.4 Å². The first-order valence-electron chi connectivity index (χ1n) is 8.31. The molecular formula is C20H19ClN2O2S. The molecule has 0 atom stereocenters. The first-order valence-corrected chi connectivity index (χ1v) is 9.50. The van der Waals surface area contributed by atoms with Crippen molar-refractivity contribution in [2.75, 3.05) is 6.54 Å². The van der Waals surface area contributed by atoms with Gasteiger partial charge in [0.15, 0.2) is 0 Å². The van der Waals surface area contributed by atoms with E-state index >= 15 is 0 Å². The lowest BCUT2D eigenvalue weighted by Crippen LogP contribution is -2.29. The fourth-order valence-electron chi connectivity index (χ4n) is 2.50. The molecule has 0 fully saturated rings. The van der Waals surface area contributed by atoms with Crippen LogP contribution in [0.25, 0.3) is 0 Å². The van der Waals surface area contributed by atoms with Crippen molar-refractivity contribution in [1.29, 1.82) is 0 Å². The van der Waals surface area contributed by atoms with Crippen LogP contribution in [0.4, 0.5) is 0 Å². The minimum Gasteiger partial charge on any atom is -0.489 e. The third-order valence-corrected chi connectivity index (χ3v) is 5.07. The summed E-state index contributed by atoms with van der Waals surface area (Å²) in [5.41, 5.74) is 1.59. The van der Waals surface area contributed by atoms with Crippen LogP contribution < -0.4 is 4.74 Å². The molecule has 6 heteroatoms. The number of benzene rings is 1. The number of hydrogen-bond donors (Lipinski definition) is 0. The number of halogens is 1. The maximum absolute atomic E-state index is 12.8. The Morgan fingerprint density at radius 3 is 2.81 bits per heavy atom. The molecule has 0 aliphatic carbocycles. The second-order valence-electron chi connectivity index (χ2n) is 5.70. The van der Waals surface area contributed by atoms with Gasteiger partial charge in [0.05, 0.1) is 10.9 Å². The number of pyridine rings is 1. The second kappa shape index (κ2) is 8.83. The summed E-state index contributed by atoms with van der Waals surface area (Å²) in [5.74, 6) is 0.638. The Balaban J connectivity index is 1.68. The molecule has 0 N–H and O–H groups in total. The molecule has 26 heavy (non-hydrogen) atoms. The standard InChI is InChI=1S/C20H19ClN2O2S/c1-2-23(13-18-8-9-19(21)26-18)20(24)16-6-3-7-17(11-16)25-14-15-5-4-10-22-12-15/h3-12H,2,13-14H2,1H3. The van der Waals surface area contributed by atoms with Crippen molar-refractivity contribution < 1.29 is 9.53 Å². The molecule has 3 aromatic rings. The first kappa shape index (κ1) is 18.4. The summed E-state index contributed by atoms with van der Waals surface area (Å²) in [7, 11) is 0. The normalized spacial score (nSPS) is 10.5. The highest BCUT2D eigenvalue weighted by Crippen LogP contribution is 2.24. The van der Waals surface area contributed by atoms with Gasteiger partial charge in [-0.3, -0.25) is 9.78 Å². The quantitative estimate of drug-likeness (QED) is 0.571. The second-order valence-corrected chi connectivity index (χ2v) is 7.50. The molecule has 4 nitrogen and oxygen atoms in total. The van der Waals surface area contributed by atoms with Crippen LogP contribution in [0.1, 0.15) is 27.7 Å². The molecule has 3 rings (SSSR count). The van der Waals surface area contributed by atoms with Crippen molar-refractivity contribution >= 4 is 28.8 Å². The summed E-state index contributed by atoms with van der Waals surface area (Å²) in [4.78, 5) is 19.8. The number of hydrogen-bond acceptors (Lipinski definition) is 4. The lowest BCUT2D eigenvalue weighted by atomic mass is 10.2. The van der Waals surface area contributed by atoms with Crippen LogP contribution >= 0.6 is 22.9 Å². The molecule has 0 spiro atoms. The Bertz CT molecular complexity index is 867. The number of nitrogens with zero attached hydrogens (tertiary/aromatic N) is 2. The minimum atomic E-state index is -0.0242. The molecule has 134 valence electrons. The summed E-state index contributed by atoms with van der Waals surface area (Å²) >= 11 is 7.48. The predicted octanol–water partition coefficient (Wildman–Crippen LogP) is 5.04. The van der Waals surface area contributed by atoms with Crippen LogP contribution in [0.2, 0.25) is 4.34 Å². The van der Waals surface area contributed by atoms with Crippen molar-refractivity contribution in [3.8, 4) is 5.75 Å². The third-order valence-electron chi connectivity index (χ3n) is 3.85. The Hall–Kier alpha value is -2.37. The van der Waals surface area contributed by atoms with E-state index in [0.717, 1.165) is 14.8 Å². The SMILES string of the molecule is CCN(Cc1ccc(Cl)s1)C(=O)c1cccc(OCc2cccnc2)c1. The summed E-state index contributed by atoms with van der Waals surface area (Å²) in [6.45, 7) is 3.55. The number of ether oxygens (including phenoxy) is 1. The van der Waals surface area contributed by atoms with E-state index in [9.17, 15) is 4.79 Å². The smallest absolute Gasteiger partial charge is 0.254 e. The largest absolute Gasteiger partial charge is 0.489 e. The number of aromatic nitrogens is 1. The van der Waals surface area contributed by atoms with Crippen LogP contribution in [0, 0.1) is 0 Å². The lowest BCUT2D eigenvalue weighted by Gasteiger charge is -2.20. The maximum atomic E-state index is 12.8. The van der Waals surface area contributed by atoms with Gasteiger partial charge in [0.25, 0.3) is 5.91 Å². The molecule has 2 heterocycles. The zero-order valence-corrected chi connectivity index (χ0v) is 16.0. The first-order chi connectivity index (χ1) is 12.7. The van der Waals surface area contributed by atoms with Gasteiger partial charge in [-0.25, -0.2) is 0 Å². The van der Waals surface area contributed by atoms with Crippen molar-refractivity contribution in [3.63, 3.8) is 0 Å². The summed E-state index contributed by atoms with van der Waals surface area (Å²) < 4.78 is 6.52. The number of amides is 1. The van der Waals surface area contributed by atoms with E-state index in [1.54, 1.807) is 23.4 Å². The fraction of sp³-hybridized carbons (Fsp3) is 0.200. The minimum absolute atomic E-state index is 0.0242. The average molecular weight is 387 g/mol. The molecule has 1 amide bonds. The van der Waals surface area contributed by atoms with E-state index in [4.69, 9.17) is 16.3 Å². The highest BCUT2D eigenvalue weighted by Gasteiger charge is 2.16. The van der Waals surface area contributed by atoms with Gasteiger partial charge < -0.3 is 9.64 Å². The molecular weight excluding hydrogens is 368 g/mol. The van der Waals surface area contributed by atoms with Crippen LogP contribution in [-0.2, 0) is 13.2 Å². The van der Waals surface area contributed by atoms with E-state index in [1.165, 1.54) is 11.3 Å². The summed E-state index contributed by atoms with van der Waals surface area (Å²) in [5, 5.41) is 0. The average Bonchev–Trinajstić information content (AvgIpc) is 3.10. The Labute approximate surface area is 162 Å². The highest BCUT2D eigenvalue weighted by molar-refractivity contribution is 7.16. The van der Waals surface area contributed by atoms with Gasteiger partial charge in [-0.1, -0.05) is 23.7 Å². The lowest BCUT2D eigenvalue weighted by molar-refractivity contribution is 0.0753. The molecule has 0 aliphatic heterocycles. The third kappa shape index (κ3) is 4.84. The van der Waals surface area contributed by atoms with Crippen molar-refractivity contribution in [2.45, 2.75) is 20.1 Å². The van der Waals surface area contributed by atoms with E-state index in [-0.39, 0.29) is 5.91 Å². The van der Waals surface area contributed by atoms with E-state index < -0.39 is 0 Å². The van der Waals surface area contributed by atoms with Gasteiger partial charge in [0, 0.05) is 34.9 Å². The molecule has 0 radical (unpaired) electrons. The molecule has 0 aliphatic rings. The maximum Gasteiger partial charge on any atom is 0.254 e. The molecule has 0 bridgehead atoms. The van der Waals surface area contributed by atoms with Crippen molar-refractivity contribution in [2.24, 2.45) is 0 Å². The molecule has 0 saturated heterocycles. The van der Waals surface area contributed by atoms with Crippen LogP contribution in [-0.4, -0.2) is 22.3 Å². The Morgan fingerprint density at radius 1 is 1.23 bits per heavy atom. The van der Waals surface area contributed by atoms with Gasteiger partial charge in [-0.05, 0) is 43.3 Å². The predicted molar refractivity (Wildman–Crippen MR) is 105 cm³/mol. The van der Waals surface area contributed by atoms with Gasteiger partial charge >= 0.3 is 0 Å². The van der Waals surface area contributed by atoms with Crippen molar-refractivity contribution in [3.05, 3.63) is 81.3 Å². The molecule has 0 unspecified atom stereocenters. The highest BCUT2D eigenvalue weighted by atomic mass is 35.5. The van der Waals surface area contributed by atoms with Crippen LogP contribution in [0.5, 0.6) is 5.75 Å². The zero-order chi connectivity index (χ0) is 18.4.